The molecule has 1 fully saturated rings. The zero-order valence-corrected chi connectivity index (χ0v) is 21.0. The summed E-state index contributed by atoms with van der Waals surface area (Å²) in [5.41, 5.74) is 0.946. The van der Waals surface area contributed by atoms with E-state index in [1.807, 2.05) is 12.2 Å². The molecule has 2 aromatic heterocycles. The van der Waals surface area contributed by atoms with Gasteiger partial charge in [-0.15, -0.1) is 0 Å². The van der Waals surface area contributed by atoms with E-state index >= 15 is 0 Å². The Hall–Kier alpha value is -2.56. The molecule has 4 rings (SSSR count). The third-order valence-electron chi connectivity index (χ3n) is 6.96. The molecule has 2 aromatic rings. The van der Waals surface area contributed by atoms with E-state index in [9.17, 15) is 14.3 Å². The van der Waals surface area contributed by atoms with Gasteiger partial charge in [0.25, 0.3) is 0 Å². The number of allylic oxidation sites excluding steroid dienone is 2. The second kappa shape index (κ2) is 11.0. The summed E-state index contributed by atoms with van der Waals surface area (Å²) in [5.74, 6) is 0.710. The predicted molar refractivity (Wildman–Crippen MR) is 129 cm³/mol. The van der Waals surface area contributed by atoms with E-state index in [4.69, 9.17) is 9.26 Å². The zero-order chi connectivity index (χ0) is 25.1. The molecule has 0 spiro atoms. The van der Waals surface area contributed by atoms with Crippen molar-refractivity contribution in [1.29, 1.82) is 0 Å². The number of β-amino-alcohol motifs (C(OH)–C–C–N with tert-alkyl or cyclic N) is 1. The van der Waals surface area contributed by atoms with Gasteiger partial charge in [-0.3, -0.25) is 4.90 Å². The highest BCUT2D eigenvalue weighted by atomic mass is 19.1. The molecule has 9 nitrogen and oxygen atoms in total. The highest BCUT2D eigenvalue weighted by Gasteiger charge is 2.34. The van der Waals surface area contributed by atoms with Crippen molar-refractivity contribution in [2.75, 3.05) is 13.2 Å². The van der Waals surface area contributed by atoms with Crippen molar-refractivity contribution < 1.29 is 18.8 Å². The van der Waals surface area contributed by atoms with Gasteiger partial charge in [-0.2, -0.15) is 5.10 Å². The monoisotopic (exact) mass is 489 g/mol. The summed E-state index contributed by atoms with van der Waals surface area (Å²) < 4.78 is 28.0. The van der Waals surface area contributed by atoms with Crippen molar-refractivity contribution in [3.05, 3.63) is 51.6 Å². The van der Waals surface area contributed by atoms with Gasteiger partial charge in [0.15, 0.2) is 0 Å². The number of rotatable bonds is 9. The maximum Gasteiger partial charge on any atom is 0.353 e. The van der Waals surface area contributed by atoms with Gasteiger partial charge in [0.05, 0.1) is 31.1 Å². The van der Waals surface area contributed by atoms with Crippen molar-refractivity contribution in [2.24, 2.45) is 0 Å². The molecule has 0 saturated carbocycles. The average molecular weight is 490 g/mol. The molecule has 0 bridgehead atoms. The summed E-state index contributed by atoms with van der Waals surface area (Å²) in [6.07, 6.45) is 6.84. The van der Waals surface area contributed by atoms with Crippen molar-refractivity contribution >= 4 is 0 Å². The van der Waals surface area contributed by atoms with Crippen LogP contribution in [0.4, 0.5) is 4.39 Å². The minimum absolute atomic E-state index is 0.0466. The lowest BCUT2D eigenvalue weighted by atomic mass is 9.91. The normalized spacial score (nSPS) is 24.3. The molecule has 4 atom stereocenters. The lowest BCUT2D eigenvalue weighted by molar-refractivity contribution is -0.0473. The molecule has 0 aromatic carbocycles. The second-order valence-corrected chi connectivity index (χ2v) is 9.69. The van der Waals surface area contributed by atoms with Crippen LogP contribution in [-0.4, -0.2) is 67.0 Å². The van der Waals surface area contributed by atoms with Gasteiger partial charge in [0, 0.05) is 36.7 Å². The lowest BCUT2D eigenvalue weighted by Crippen LogP contribution is -2.53. The Kier molecular flexibility index (Phi) is 8.03. The highest BCUT2D eigenvalue weighted by molar-refractivity contribution is 5.26. The molecule has 0 amide bonds. The number of aryl methyl sites for hydroxylation is 2. The number of hydrogen-bond acceptors (Lipinski definition) is 7. The van der Waals surface area contributed by atoms with Crippen molar-refractivity contribution in [3.8, 4) is 5.88 Å². The topological polar surface area (TPSA) is 98.6 Å². The maximum absolute atomic E-state index is 14.0. The molecule has 4 unspecified atom stereocenters. The van der Waals surface area contributed by atoms with Crippen LogP contribution in [0.5, 0.6) is 0 Å². The van der Waals surface area contributed by atoms with E-state index in [0.29, 0.717) is 42.5 Å². The number of nitrogens with zero attached hydrogens (tertiary/aromatic N) is 5. The summed E-state index contributed by atoms with van der Waals surface area (Å²) >= 11 is 0. The van der Waals surface area contributed by atoms with Gasteiger partial charge in [-0.25, -0.2) is 18.4 Å². The molecule has 1 N–H and O–H groups in total. The van der Waals surface area contributed by atoms with Gasteiger partial charge in [-0.1, -0.05) is 24.2 Å². The van der Waals surface area contributed by atoms with Crippen LogP contribution in [-0.2, 0) is 11.3 Å². The quantitative estimate of drug-likeness (QED) is 0.577. The van der Waals surface area contributed by atoms with Crippen LogP contribution in [0.3, 0.4) is 0 Å². The smallest absolute Gasteiger partial charge is 0.353 e. The summed E-state index contributed by atoms with van der Waals surface area (Å²) in [6.45, 7) is 8.56. The summed E-state index contributed by atoms with van der Waals surface area (Å²) in [4.78, 5) is 15.2. The van der Waals surface area contributed by atoms with Crippen molar-refractivity contribution in [2.45, 2.75) is 90.6 Å². The van der Waals surface area contributed by atoms with Crippen LogP contribution < -0.4 is 5.69 Å². The van der Waals surface area contributed by atoms with E-state index in [2.05, 4.69) is 29.0 Å². The lowest BCUT2D eigenvalue weighted by Gasteiger charge is -2.44. The number of likely N-dealkylation sites (tertiary alicyclic amines) is 1. The Morgan fingerprint density at radius 1 is 1.31 bits per heavy atom. The molecule has 0 radical (unpaired) electrons. The first-order valence-corrected chi connectivity index (χ1v) is 12.5. The van der Waals surface area contributed by atoms with Crippen LogP contribution in [0.25, 0.3) is 5.88 Å². The molecular weight excluding hydrogens is 453 g/mol. The van der Waals surface area contributed by atoms with Crippen LogP contribution in [0.2, 0.25) is 0 Å². The fraction of sp³-hybridized carbons (Fsp3) is 0.640. The molecule has 1 aliphatic carbocycles. The highest BCUT2D eigenvalue weighted by Crippen LogP contribution is 2.29. The van der Waals surface area contributed by atoms with Crippen LogP contribution in [0.15, 0.2) is 38.9 Å². The van der Waals surface area contributed by atoms with Gasteiger partial charge >= 0.3 is 5.69 Å². The number of halogens is 1. The molecule has 192 valence electrons. The maximum atomic E-state index is 14.0. The number of ether oxygens (including phenoxy) is 1. The molecule has 10 heteroatoms. The van der Waals surface area contributed by atoms with E-state index in [1.54, 1.807) is 19.9 Å². The first-order valence-electron chi connectivity index (χ1n) is 12.5. The summed E-state index contributed by atoms with van der Waals surface area (Å²) in [5, 5.41) is 19.0. The number of aromatic nitrogens is 4. The van der Waals surface area contributed by atoms with E-state index in [1.165, 1.54) is 9.25 Å². The molecule has 2 aliphatic rings. The number of hydrogen-bond donors (Lipinski definition) is 1. The predicted octanol–water partition coefficient (Wildman–Crippen LogP) is 3.22. The molecule has 1 aliphatic heterocycles. The van der Waals surface area contributed by atoms with Crippen LogP contribution >= 0.6 is 0 Å². The fourth-order valence-corrected chi connectivity index (χ4v) is 5.14. The van der Waals surface area contributed by atoms with Crippen molar-refractivity contribution in [1.82, 2.24) is 24.4 Å². The van der Waals surface area contributed by atoms with E-state index < -0.39 is 6.10 Å². The Labute approximate surface area is 204 Å². The number of aliphatic hydroxyl groups excluding tert-OH is 1. The molecule has 1 saturated heterocycles. The number of piperidine rings is 1. The zero-order valence-electron chi connectivity index (χ0n) is 21.0. The van der Waals surface area contributed by atoms with E-state index in [-0.39, 0.29) is 36.2 Å². The van der Waals surface area contributed by atoms with Crippen LogP contribution in [0, 0.1) is 13.8 Å². The molecule has 35 heavy (non-hydrogen) atoms. The standard InChI is InChI=1S/C25H36FN5O4/c1-5-20-12-22(34-15-19-8-6-7-9-23(19)26)11-17(3)29(20)13-21(32)14-30-25(33)31(18(4)27-30)24-10-16(2)28-35-24/h6,8,10,17,20-22,32H,5,7,9,11-15H2,1-4H3. The largest absolute Gasteiger partial charge is 0.390 e. The third kappa shape index (κ3) is 5.82. The number of aliphatic hydroxyl groups is 1. The van der Waals surface area contributed by atoms with Crippen molar-refractivity contribution in [3.63, 3.8) is 0 Å². The SMILES string of the molecule is CCC1CC(OCC2=C(F)CCC=C2)CC(C)N1CC(O)Cn1nc(C)n(-c2cc(C)no2)c1=O. The molecular formula is C25H36FN5O4. The molecule has 3 heterocycles. The van der Waals surface area contributed by atoms with E-state index in [0.717, 1.165) is 25.7 Å². The minimum atomic E-state index is -0.771. The van der Waals surface area contributed by atoms with Gasteiger partial charge in [0.2, 0.25) is 5.88 Å². The van der Waals surface area contributed by atoms with Gasteiger partial charge in [0.1, 0.15) is 11.7 Å². The third-order valence-corrected chi connectivity index (χ3v) is 6.96. The Morgan fingerprint density at radius 3 is 2.80 bits per heavy atom. The summed E-state index contributed by atoms with van der Waals surface area (Å²) in [6, 6.07) is 2.08. The summed E-state index contributed by atoms with van der Waals surface area (Å²) in [7, 11) is 0. The second-order valence-electron chi connectivity index (χ2n) is 9.69. The Bertz CT molecular complexity index is 1130. The van der Waals surface area contributed by atoms with Gasteiger partial charge < -0.3 is 14.4 Å². The Morgan fingerprint density at radius 2 is 2.11 bits per heavy atom. The van der Waals surface area contributed by atoms with Gasteiger partial charge in [-0.05, 0) is 46.5 Å². The van der Waals surface area contributed by atoms with Crippen LogP contribution in [0.1, 0.15) is 57.5 Å². The minimum Gasteiger partial charge on any atom is -0.390 e. The first-order chi connectivity index (χ1) is 16.8. The average Bonchev–Trinajstić information content (AvgIpc) is 3.36. The fourth-order valence-electron chi connectivity index (χ4n) is 5.14. The Balaban J connectivity index is 1.36. The first kappa shape index (κ1) is 25.5.